The van der Waals surface area contributed by atoms with Crippen LogP contribution in [-0.2, 0) is 16.4 Å². The second-order valence-electron chi connectivity index (χ2n) is 9.50. The van der Waals surface area contributed by atoms with Crippen LogP contribution in [0.3, 0.4) is 0 Å². The Morgan fingerprint density at radius 3 is 2.56 bits per heavy atom. The molecule has 0 unspecified atom stereocenters. The highest BCUT2D eigenvalue weighted by atomic mass is 32.2. The molecule has 1 saturated carbocycles. The maximum Gasteiger partial charge on any atom is 0.229 e. The molecule has 178 valence electrons. The minimum absolute atomic E-state index is 0.202. The van der Waals surface area contributed by atoms with Crippen molar-refractivity contribution in [2.24, 2.45) is 11.8 Å². The monoisotopic (exact) mass is 479 g/mol. The van der Waals surface area contributed by atoms with Gasteiger partial charge in [-0.15, -0.1) is 0 Å². The molecule has 2 aromatic heterocycles. The number of nitriles is 1. The molecule has 1 N–H and O–H groups in total. The third kappa shape index (κ3) is 4.91. The molecule has 1 aliphatic heterocycles. The molecule has 2 fully saturated rings. The molecule has 0 spiro atoms. The number of nitrogens with zero attached hydrogens (tertiary/aromatic N) is 6. The maximum absolute atomic E-state index is 11.7. The molecule has 9 nitrogen and oxygen atoms in total. The summed E-state index contributed by atoms with van der Waals surface area (Å²) in [6, 6.07) is 9.58. The van der Waals surface area contributed by atoms with Crippen LogP contribution in [0.1, 0.15) is 32.1 Å². The number of rotatable bonds is 6. The quantitative estimate of drug-likeness (QED) is 0.572. The Morgan fingerprint density at radius 1 is 1.12 bits per heavy atom. The van der Waals surface area contributed by atoms with Crippen molar-refractivity contribution in [2.75, 3.05) is 24.7 Å². The summed E-state index contributed by atoms with van der Waals surface area (Å²) in [6.45, 7) is 2.82. The minimum Gasteiger partial charge on any atom is -0.324 e. The van der Waals surface area contributed by atoms with Gasteiger partial charge < -0.3 is 5.32 Å². The van der Waals surface area contributed by atoms with Crippen molar-refractivity contribution in [3.05, 3.63) is 36.7 Å². The number of anilines is 2. The van der Waals surface area contributed by atoms with E-state index < -0.39 is 9.84 Å². The fraction of sp³-hybridized carbons (Fsp3) is 0.500. The largest absolute Gasteiger partial charge is 0.324 e. The first-order valence-corrected chi connectivity index (χ1v) is 13.7. The van der Waals surface area contributed by atoms with E-state index in [2.05, 4.69) is 31.4 Å². The normalized spacial score (nSPS) is 23.7. The van der Waals surface area contributed by atoms with Crippen LogP contribution in [0.15, 0.2) is 41.6 Å². The van der Waals surface area contributed by atoms with E-state index in [0.717, 1.165) is 55.6 Å². The van der Waals surface area contributed by atoms with Crippen molar-refractivity contribution in [2.45, 2.75) is 49.6 Å². The van der Waals surface area contributed by atoms with Crippen LogP contribution in [0.4, 0.5) is 11.6 Å². The third-order valence-corrected chi connectivity index (χ3v) is 8.21. The molecule has 3 aromatic rings. The van der Waals surface area contributed by atoms with Crippen molar-refractivity contribution in [1.29, 1.82) is 5.26 Å². The van der Waals surface area contributed by atoms with Gasteiger partial charge in [-0.3, -0.25) is 4.90 Å². The van der Waals surface area contributed by atoms with Gasteiger partial charge in [0.2, 0.25) is 5.95 Å². The van der Waals surface area contributed by atoms with Crippen LogP contribution < -0.4 is 5.32 Å². The van der Waals surface area contributed by atoms with Gasteiger partial charge in [-0.25, -0.2) is 18.1 Å². The molecule has 34 heavy (non-hydrogen) atoms. The zero-order chi connectivity index (χ0) is 23.7. The van der Waals surface area contributed by atoms with Gasteiger partial charge in [0, 0.05) is 37.3 Å². The molecule has 1 atom stereocenters. The molecule has 1 aromatic carbocycles. The predicted octanol–water partition coefficient (Wildman–Crippen LogP) is 3.38. The summed E-state index contributed by atoms with van der Waals surface area (Å²) in [6.07, 6.45) is 10.4. The van der Waals surface area contributed by atoms with Gasteiger partial charge in [0.25, 0.3) is 0 Å². The van der Waals surface area contributed by atoms with E-state index in [1.807, 2.05) is 4.68 Å². The molecule has 10 heteroatoms. The smallest absolute Gasteiger partial charge is 0.229 e. The van der Waals surface area contributed by atoms with E-state index >= 15 is 0 Å². The van der Waals surface area contributed by atoms with Crippen molar-refractivity contribution in [1.82, 2.24) is 24.6 Å². The topological polar surface area (TPSA) is 117 Å². The van der Waals surface area contributed by atoms with Crippen LogP contribution in [0.5, 0.6) is 0 Å². The molecule has 0 amide bonds. The average Bonchev–Trinajstić information content (AvgIpc) is 3.47. The summed E-state index contributed by atoms with van der Waals surface area (Å²) in [5.74, 6) is 1.21. The highest BCUT2D eigenvalue weighted by molar-refractivity contribution is 7.90. The Morgan fingerprint density at radius 2 is 1.88 bits per heavy atom. The number of fused-ring (bicyclic) bond motifs is 1. The van der Waals surface area contributed by atoms with Gasteiger partial charge in [-0.05, 0) is 68.8 Å². The Kier molecular flexibility index (Phi) is 6.23. The number of nitrogens with one attached hydrogen (secondary N) is 1. The fourth-order valence-electron chi connectivity index (χ4n) is 5.14. The number of benzene rings is 1. The lowest BCUT2D eigenvalue weighted by Crippen LogP contribution is -2.37. The van der Waals surface area contributed by atoms with Gasteiger partial charge >= 0.3 is 0 Å². The molecular weight excluding hydrogens is 450 g/mol. The number of sulfone groups is 1. The second kappa shape index (κ2) is 9.31. The van der Waals surface area contributed by atoms with Crippen LogP contribution in [0.2, 0.25) is 0 Å². The summed E-state index contributed by atoms with van der Waals surface area (Å²) in [5, 5.41) is 17.8. The number of hydrogen-bond donors (Lipinski definition) is 1. The van der Waals surface area contributed by atoms with Crippen molar-refractivity contribution < 1.29 is 8.42 Å². The molecule has 5 rings (SSSR count). The van der Waals surface area contributed by atoms with E-state index in [1.54, 1.807) is 36.7 Å². The van der Waals surface area contributed by atoms with Crippen LogP contribution in [-0.4, -0.2) is 58.5 Å². The highest BCUT2D eigenvalue weighted by Crippen LogP contribution is 2.32. The molecule has 1 saturated heterocycles. The SMILES string of the molecule is CS(=O)(=O)c1ccc(Nc2ncc3cnn(CC4CCC(N5CC[C@@H](C#N)C5)CC4)c3n2)cc1. The van der Waals surface area contributed by atoms with Crippen LogP contribution in [0, 0.1) is 23.2 Å². The average molecular weight is 480 g/mol. The van der Waals surface area contributed by atoms with Gasteiger partial charge in [0.1, 0.15) is 0 Å². The lowest BCUT2D eigenvalue weighted by molar-refractivity contribution is 0.154. The van der Waals surface area contributed by atoms with E-state index in [9.17, 15) is 13.7 Å². The lowest BCUT2D eigenvalue weighted by Gasteiger charge is -2.34. The molecule has 1 aliphatic carbocycles. The zero-order valence-electron chi connectivity index (χ0n) is 19.3. The van der Waals surface area contributed by atoms with E-state index in [-0.39, 0.29) is 10.8 Å². The van der Waals surface area contributed by atoms with E-state index in [1.165, 1.54) is 19.1 Å². The lowest BCUT2D eigenvalue weighted by atomic mass is 9.85. The Labute approximate surface area is 199 Å². The van der Waals surface area contributed by atoms with Crippen molar-refractivity contribution >= 4 is 32.5 Å². The number of likely N-dealkylation sites (tertiary alicyclic amines) is 1. The zero-order valence-corrected chi connectivity index (χ0v) is 20.1. The van der Waals surface area contributed by atoms with E-state index in [0.29, 0.717) is 17.9 Å². The first-order chi connectivity index (χ1) is 16.4. The first kappa shape index (κ1) is 22.7. The van der Waals surface area contributed by atoms with E-state index in [4.69, 9.17) is 0 Å². The van der Waals surface area contributed by atoms with Gasteiger partial charge in [0.15, 0.2) is 15.5 Å². The molecule has 0 radical (unpaired) electrons. The van der Waals surface area contributed by atoms with Crippen molar-refractivity contribution in [3.8, 4) is 6.07 Å². The van der Waals surface area contributed by atoms with Crippen molar-refractivity contribution in [3.63, 3.8) is 0 Å². The summed E-state index contributed by atoms with van der Waals surface area (Å²) < 4.78 is 25.3. The Hall–Kier alpha value is -3.03. The molecule has 2 aliphatic rings. The molecule has 0 bridgehead atoms. The molecular formula is C24H29N7O2S. The first-order valence-electron chi connectivity index (χ1n) is 11.8. The van der Waals surface area contributed by atoms with Crippen LogP contribution >= 0.6 is 0 Å². The fourth-order valence-corrected chi connectivity index (χ4v) is 5.77. The summed E-state index contributed by atoms with van der Waals surface area (Å²) in [4.78, 5) is 11.9. The predicted molar refractivity (Wildman–Crippen MR) is 129 cm³/mol. The van der Waals surface area contributed by atoms with Crippen LogP contribution in [0.25, 0.3) is 11.0 Å². The van der Waals surface area contributed by atoms with Gasteiger partial charge in [-0.2, -0.15) is 15.3 Å². The second-order valence-corrected chi connectivity index (χ2v) is 11.5. The van der Waals surface area contributed by atoms with Gasteiger partial charge in [-0.1, -0.05) is 0 Å². The summed E-state index contributed by atoms with van der Waals surface area (Å²) in [5.41, 5.74) is 1.51. The number of hydrogen-bond acceptors (Lipinski definition) is 8. The number of aromatic nitrogens is 4. The maximum atomic E-state index is 11.7. The summed E-state index contributed by atoms with van der Waals surface area (Å²) >= 11 is 0. The van der Waals surface area contributed by atoms with Gasteiger partial charge in [0.05, 0.1) is 28.5 Å². The third-order valence-electron chi connectivity index (χ3n) is 7.08. The highest BCUT2D eigenvalue weighted by Gasteiger charge is 2.31. The summed E-state index contributed by atoms with van der Waals surface area (Å²) in [7, 11) is -3.23. The molecule has 3 heterocycles. The Balaban J connectivity index is 1.23. The minimum atomic E-state index is -3.23. The Bertz CT molecular complexity index is 1310. The standard InChI is InChI=1S/C24H29N7O2S/c1-34(32,33)22-8-4-20(5-9-22)28-24-26-13-19-14-27-31(23(19)29-24)16-17-2-6-21(7-3-17)30-11-10-18(12-25)15-30/h4-5,8-9,13-14,17-18,21H,2-3,6-7,10-11,15-16H2,1H3,(H,26,28,29)/t17?,18-,21?/m0/s1.